The third kappa shape index (κ3) is 4.85. The van der Waals surface area contributed by atoms with E-state index in [2.05, 4.69) is 24.1 Å². The van der Waals surface area contributed by atoms with E-state index in [9.17, 15) is 9.59 Å². The predicted molar refractivity (Wildman–Crippen MR) is 118 cm³/mol. The van der Waals surface area contributed by atoms with E-state index >= 15 is 0 Å². The van der Waals surface area contributed by atoms with Crippen LogP contribution in [-0.4, -0.2) is 22.7 Å². The van der Waals surface area contributed by atoms with Gasteiger partial charge in [0.25, 0.3) is 0 Å². The SMILES string of the molecule is CC1(C)CC(=O)c2c(Nc3ccccc3)c(-c3cc[nH+]cc3)n(CC(N)=O)c2C1.O=C[O-]. The molecule has 4 rings (SSSR count). The van der Waals surface area contributed by atoms with Crippen molar-refractivity contribution in [3.05, 3.63) is 66.1 Å². The van der Waals surface area contributed by atoms with Crippen molar-refractivity contribution in [2.24, 2.45) is 11.1 Å². The third-order valence-corrected chi connectivity index (χ3v) is 5.28. The Morgan fingerprint density at radius 3 is 2.41 bits per heavy atom. The second kappa shape index (κ2) is 9.47. The normalized spacial score (nSPS) is 14.0. The Balaban J connectivity index is 0.000000913. The number of primary amides is 1. The number of nitrogens with one attached hydrogen (secondary N) is 2. The number of hydrogen-bond donors (Lipinski definition) is 2. The lowest BCUT2D eigenvalue weighted by atomic mass is 9.76. The molecule has 2 aromatic heterocycles. The van der Waals surface area contributed by atoms with Crippen molar-refractivity contribution >= 4 is 29.5 Å². The summed E-state index contributed by atoms with van der Waals surface area (Å²) in [7, 11) is 0. The van der Waals surface area contributed by atoms with Crippen molar-refractivity contribution in [2.75, 3.05) is 5.32 Å². The van der Waals surface area contributed by atoms with E-state index in [0.717, 1.165) is 28.3 Å². The van der Waals surface area contributed by atoms with Gasteiger partial charge in [-0.1, -0.05) is 32.0 Å². The molecular weight excluding hydrogens is 408 g/mol. The smallest absolute Gasteiger partial charge is 0.237 e. The van der Waals surface area contributed by atoms with Gasteiger partial charge in [-0.05, 0) is 24.0 Å². The minimum atomic E-state index is -0.500. The van der Waals surface area contributed by atoms with Crippen molar-refractivity contribution in [3.63, 3.8) is 0 Å². The third-order valence-electron chi connectivity index (χ3n) is 5.28. The summed E-state index contributed by atoms with van der Waals surface area (Å²) >= 11 is 0. The van der Waals surface area contributed by atoms with Crippen molar-refractivity contribution in [1.82, 2.24) is 4.57 Å². The Morgan fingerprint density at radius 1 is 1.19 bits per heavy atom. The van der Waals surface area contributed by atoms with Gasteiger partial charge in [-0.25, -0.2) is 4.98 Å². The molecule has 2 heterocycles. The number of benzene rings is 1. The molecule has 0 saturated heterocycles. The summed E-state index contributed by atoms with van der Waals surface area (Å²) in [5.41, 5.74) is 10.3. The molecule has 0 unspecified atom stereocenters. The van der Waals surface area contributed by atoms with Gasteiger partial charge in [-0.15, -0.1) is 0 Å². The number of hydrogen-bond acceptors (Lipinski definition) is 5. The Labute approximate surface area is 186 Å². The quantitative estimate of drug-likeness (QED) is 0.590. The van der Waals surface area contributed by atoms with Crippen LogP contribution in [0.1, 0.15) is 36.3 Å². The number of amides is 1. The van der Waals surface area contributed by atoms with Gasteiger partial charge in [0.2, 0.25) is 5.91 Å². The van der Waals surface area contributed by atoms with Gasteiger partial charge in [0.15, 0.2) is 18.2 Å². The topological polar surface area (TPSA) is 131 Å². The molecule has 0 saturated carbocycles. The van der Waals surface area contributed by atoms with Crippen LogP contribution in [0.2, 0.25) is 0 Å². The highest BCUT2D eigenvalue weighted by Gasteiger charge is 2.38. The molecule has 32 heavy (non-hydrogen) atoms. The Morgan fingerprint density at radius 2 is 1.81 bits per heavy atom. The largest absolute Gasteiger partial charge is 0.554 e. The standard InChI is InChI=1S/C23H24N4O2.CH2O2/c1-23(2)12-17-20(18(28)13-23)21(26-16-6-4-3-5-7-16)22(27(17)14-19(24)29)15-8-10-25-11-9-15;2-1-3/h3-11,26H,12-14H2,1-2H3,(H2,24,29);1H,(H,2,3). The number of ketones is 1. The molecule has 1 aliphatic carbocycles. The van der Waals surface area contributed by atoms with Gasteiger partial charge in [0.05, 0.1) is 16.9 Å². The van der Waals surface area contributed by atoms with Crippen LogP contribution >= 0.6 is 0 Å². The van der Waals surface area contributed by atoms with Gasteiger partial charge >= 0.3 is 0 Å². The van der Waals surface area contributed by atoms with E-state index in [1.54, 1.807) is 0 Å². The molecular formula is C24H26N4O4. The highest BCUT2D eigenvalue weighted by molar-refractivity contribution is 6.08. The molecule has 0 atom stereocenters. The first-order valence-corrected chi connectivity index (χ1v) is 10.2. The summed E-state index contributed by atoms with van der Waals surface area (Å²) < 4.78 is 1.91. The minimum Gasteiger partial charge on any atom is -0.554 e. The zero-order valence-electron chi connectivity index (χ0n) is 18.1. The number of carboxylic acid groups (broad SMARTS) is 1. The monoisotopic (exact) mass is 434 g/mol. The fourth-order valence-electron chi connectivity index (χ4n) is 4.15. The van der Waals surface area contributed by atoms with Crippen molar-refractivity contribution in [2.45, 2.75) is 33.2 Å². The predicted octanol–water partition coefficient (Wildman–Crippen LogP) is 1.72. The first kappa shape index (κ1) is 22.7. The highest BCUT2D eigenvalue weighted by Crippen LogP contribution is 2.45. The number of Topliss-reactive ketones (excluding diaryl/α,β-unsaturated/α-hetero) is 1. The van der Waals surface area contributed by atoms with Crippen LogP contribution in [-0.2, 0) is 22.6 Å². The molecule has 0 fully saturated rings. The maximum Gasteiger partial charge on any atom is 0.237 e. The van der Waals surface area contributed by atoms with Crippen LogP contribution in [0, 0.1) is 5.41 Å². The van der Waals surface area contributed by atoms with E-state index in [1.807, 2.05) is 59.4 Å². The van der Waals surface area contributed by atoms with Crippen molar-refractivity contribution in [3.8, 4) is 11.3 Å². The number of para-hydroxylation sites is 1. The lowest BCUT2D eigenvalue weighted by molar-refractivity contribution is -0.377. The summed E-state index contributed by atoms with van der Waals surface area (Å²) in [5.74, 6) is -0.352. The fraction of sp³-hybridized carbons (Fsp3) is 0.250. The summed E-state index contributed by atoms with van der Waals surface area (Å²) in [6.45, 7) is 3.68. The van der Waals surface area contributed by atoms with Gasteiger partial charge in [-0.3, -0.25) is 9.59 Å². The Bertz CT molecular complexity index is 1120. The number of rotatable bonds is 5. The number of H-pyrrole nitrogens is 1. The van der Waals surface area contributed by atoms with Crippen LogP contribution in [0.25, 0.3) is 11.3 Å². The number of pyridine rings is 1. The molecule has 1 amide bonds. The molecule has 4 N–H and O–H groups in total. The van der Waals surface area contributed by atoms with E-state index in [4.69, 9.17) is 15.6 Å². The average molecular weight is 434 g/mol. The number of aromatic amines is 1. The molecule has 3 aromatic rings. The Hall–Kier alpha value is -3.94. The average Bonchev–Trinajstić information content (AvgIpc) is 3.01. The molecule has 0 radical (unpaired) electrons. The number of anilines is 2. The minimum absolute atomic E-state index is 0.0239. The molecule has 8 nitrogen and oxygen atoms in total. The highest BCUT2D eigenvalue weighted by atomic mass is 16.3. The van der Waals surface area contributed by atoms with Gasteiger partial charge in [-0.2, -0.15) is 0 Å². The molecule has 1 aromatic carbocycles. The number of carbonyl (C=O) groups is 3. The maximum absolute atomic E-state index is 13.2. The zero-order valence-corrected chi connectivity index (χ0v) is 18.1. The molecule has 8 heteroatoms. The lowest BCUT2D eigenvalue weighted by Crippen LogP contribution is -2.30. The number of nitrogens with two attached hydrogens (primary N) is 1. The summed E-state index contributed by atoms with van der Waals surface area (Å²) in [4.78, 5) is 36.4. The molecule has 0 aliphatic heterocycles. The van der Waals surface area contributed by atoms with Crippen LogP contribution < -0.4 is 21.1 Å². The van der Waals surface area contributed by atoms with E-state index in [-0.39, 0.29) is 17.7 Å². The number of nitrogens with zero attached hydrogens (tertiary/aromatic N) is 1. The van der Waals surface area contributed by atoms with E-state index < -0.39 is 12.4 Å². The number of aromatic nitrogens is 2. The summed E-state index contributed by atoms with van der Waals surface area (Å²) in [6.07, 6.45) is 4.82. The number of carbonyl (C=O) groups excluding carboxylic acids is 3. The van der Waals surface area contributed by atoms with Crippen LogP contribution in [0.15, 0.2) is 54.9 Å². The summed E-state index contributed by atoms with van der Waals surface area (Å²) in [5, 5.41) is 11.7. The second-order valence-electron chi connectivity index (χ2n) is 8.41. The maximum atomic E-state index is 13.2. The van der Waals surface area contributed by atoms with E-state index in [1.165, 1.54) is 0 Å². The van der Waals surface area contributed by atoms with Gasteiger partial charge in [0.1, 0.15) is 6.54 Å². The fourth-order valence-corrected chi connectivity index (χ4v) is 4.15. The van der Waals surface area contributed by atoms with Gasteiger partial charge < -0.3 is 25.5 Å². The molecule has 1 aliphatic rings. The first-order chi connectivity index (χ1) is 15.3. The molecule has 166 valence electrons. The molecule has 0 spiro atoms. The second-order valence-corrected chi connectivity index (χ2v) is 8.41. The van der Waals surface area contributed by atoms with Crippen LogP contribution in [0.5, 0.6) is 0 Å². The zero-order chi connectivity index (χ0) is 23.3. The molecule has 0 bridgehead atoms. The van der Waals surface area contributed by atoms with Gasteiger partial charge in [0, 0.05) is 42.0 Å². The van der Waals surface area contributed by atoms with Crippen molar-refractivity contribution < 1.29 is 24.5 Å². The van der Waals surface area contributed by atoms with Crippen molar-refractivity contribution in [1.29, 1.82) is 0 Å². The Kier molecular flexibility index (Phi) is 6.73. The van der Waals surface area contributed by atoms with Crippen LogP contribution in [0.4, 0.5) is 11.4 Å². The number of fused-ring (bicyclic) bond motifs is 1. The lowest BCUT2D eigenvalue weighted by Gasteiger charge is -2.29. The summed E-state index contributed by atoms with van der Waals surface area (Å²) in [6, 6.07) is 13.6. The first-order valence-electron chi connectivity index (χ1n) is 10.2. The van der Waals surface area contributed by atoms with E-state index in [0.29, 0.717) is 18.4 Å². The van der Waals surface area contributed by atoms with Crippen LogP contribution in [0.3, 0.4) is 0 Å².